The number of halogens is 2. The van der Waals surface area contributed by atoms with E-state index >= 15 is 0 Å². The Morgan fingerprint density at radius 2 is 1.89 bits per heavy atom. The maximum atomic E-state index is 12.8. The van der Waals surface area contributed by atoms with E-state index in [1.165, 1.54) is 12.1 Å². The zero-order chi connectivity index (χ0) is 14.7. The van der Waals surface area contributed by atoms with Crippen LogP contribution in [0.1, 0.15) is 11.1 Å². The van der Waals surface area contributed by atoms with E-state index in [1.807, 2.05) is 0 Å². The average Bonchev–Trinajstić information content (AvgIpc) is 2.35. The highest BCUT2D eigenvalue weighted by molar-refractivity contribution is 7.87. The lowest BCUT2D eigenvalue weighted by Crippen LogP contribution is -2.38. The summed E-state index contributed by atoms with van der Waals surface area (Å²) >= 11 is 0. The van der Waals surface area contributed by atoms with Crippen LogP contribution >= 0.6 is 0 Å². The van der Waals surface area contributed by atoms with Crippen LogP contribution in [-0.2, 0) is 26.3 Å². The summed E-state index contributed by atoms with van der Waals surface area (Å²) in [4.78, 5) is 10.8. The second kappa shape index (κ2) is 5.45. The van der Waals surface area contributed by atoms with Crippen LogP contribution in [0.25, 0.3) is 6.08 Å². The van der Waals surface area contributed by atoms with E-state index in [4.69, 9.17) is 0 Å². The van der Waals surface area contributed by atoms with Gasteiger partial charge in [-0.3, -0.25) is 0 Å². The number of carbonyl (C=O) groups excluding carboxylic acids is 1. The standard InChI is InChI=1S/C11H10F2O5S/c1-2-8-3-5-9(6-4-8)7-18-10(14)11(12,13)19(15,16)17/h2-6H,1,7H2,(H,15,16,17)/p-1. The van der Waals surface area contributed by atoms with Crippen molar-refractivity contribution < 1.29 is 31.3 Å². The molecule has 0 bridgehead atoms. The Hall–Kier alpha value is -1.80. The molecule has 104 valence electrons. The smallest absolute Gasteiger partial charge is 0.428 e. The van der Waals surface area contributed by atoms with Crippen molar-refractivity contribution in [1.29, 1.82) is 0 Å². The summed E-state index contributed by atoms with van der Waals surface area (Å²) in [6.45, 7) is 2.94. The van der Waals surface area contributed by atoms with E-state index in [2.05, 4.69) is 11.3 Å². The van der Waals surface area contributed by atoms with E-state index in [9.17, 15) is 26.5 Å². The fraction of sp³-hybridized carbons (Fsp3) is 0.182. The molecule has 0 unspecified atom stereocenters. The predicted molar refractivity (Wildman–Crippen MR) is 61.0 cm³/mol. The summed E-state index contributed by atoms with van der Waals surface area (Å²) in [5.41, 5.74) is 1.13. The van der Waals surface area contributed by atoms with Crippen molar-refractivity contribution in [2.45, 2.75) is 11.9 Å². The third kappa shape index (κ3) is 3.58. The number of benzene rings is 1. The third-order valence-corrected chi connectivity index (χ3v) is 2.93. The Kier molecular flexibility index (Phi) is 4.38. The molecule has 8 heteroatoms. The molecule has 1 aromatic carbocycles. The monoisotopic (exact) mass is 291 g/mol. The van der Waals surface area contributed by atoms with Crippen LogP contribution in [0, 0.1) is 0 Å². The number of hydrogen-bond donors (Lipinski definition) is 0. The van der Waals surface area contributed by atoms with Crippen molar-refractivity contribution >= 4 is 22.2 Å². The molecule has 1 aromatic rings. The Labute approximate surface area is 108 Å². The van der Waals surface area contributed by atoms with Crippen molar-refractivity contribution in [1.82, 2.24) is 0 Å². The van der Waals surface area contributed by atoms with Crippen LogP contribution in [0.5, 0.6) is 0 Å². The highest BCUT2D eigenvalue weighted by Gasteiger charge is 2.48. The van der Waals surface area contributed by atoms with Gasteiger partial charge >= 0.3 is 11.2 Å². The van der Waals surface area contributed by atoms with Gasteiger partial charge in [0.15, 0.2) is 10.1 Å². The van der Waals surface area contributed by atoms with Crippen LogP contribution in [0.15, 0.2) is 30.8 Å². The minimum absolute atomic E-state index is 0.359. The maximum absolute atomic E-state index is 12.8. The molecule has 0 spiro atoms. The molecule has 0 heterocycles. The van der Waals surface area contributed by atoms with Gasteiger partial charge in [-0.05, 0) is 11.1 Å². The number of rotatable bonds is 5. The highest BCUT2D eigenvalue weighted by atomic mass is 32.2. The molecular formula is C11H9F2O5S-. The predicted octanol–water partition coefficient (Wildman–Crippen LogP) is 1.51. The molecule has 0 aliphatic carbocycles. The summed E-state index contributed by atoms with van der Waals surface area (Å²) in [7, 11) is -6.09. The van der Waals surface area contributed by atoms with E-state index < -0.39 is 27.9 Å². The van der Waals surface area contributed by atoms with E-state index in [1.54, 1.807) is 18.2 Å². The van der Waals surface area contributed by atoms with Gasteiger partial charge < -0.3 is 9.29 Å². The quantitative estimate of drug-likeness (QED) is 0.606. The number of ether oxygens (including phenoxy) is 1. The largest absolute Gasteiger partial charge is 0.743 e. The molecule has 0 aliphatic heterocycles. The fourth-order valence-electron chi connectivity index (χ4n) is 1.08. The molecule has 0 fully saturated rings. The molecular weight excluding hydrogens is 282 g/mol. The summed E-state index contributed by atoms with van der Waals surface area (Å²) < 4.78 is 60.1. The van der Waals surface area contributed by atoms with Gasteiger partial charge in [0, 0.05) is 0 Å². The summed E-state index contributed by atoms with van der Waals surface area (Å²) in [5.74, 6) is -2.39. The lowest BCUT2D eigenvalue weighted by atomic mass is 10.1. The Bertz CT molecular complexity index is 578. The van der Waals surface area contributed by atoms with Gasteiger partial charge in [-0.15, -0.1) is 0 Å². The second-order valence-corrected chi connectivity index (χ2v) is 4.91. The first-order valence-electron chi connectivity index (χ1n) is 4.90. The van der Waals surface area contributed by atoms with Crippen LogP contribution < -0.4 is 0 Å². The second-order valence-electron chi connectivity index (χ2n) is 3.49. The van der Waals surface area contributed by atoms with Crippen LogP contribution in [0.4, 0.5) is 8.78 Å². The van der Waals surface area contributed by atoms with Crippen LogP contribution in [-0.4, -0.2) is 24.2 Å². The van der Waals surface area contributed by atoms with Gasteiger partial charge in [-0.2, -0.15) is 8.78 Å². The molecule has 0 amide bonds. The molecule has 0 aromatic heterocycles. The first kappa shape index (κ1) is 15.3. The molecule has 0 radical (unpaired) electrons. The minimum atomic E-state index is -6.09. The molecule has 5 nitrogen and oxygen atoms in total. The average molecular weight is 291 g/mol. The van der Waals surface area contributed by atoms with Crippen LogP contribution in [0.2, 0.25) is 0 Å². The third-order valence-electron chi connectivity index (χ3n) is 2.14. The van der Waals surface area contributed by atoms with Gasteiger partial charge in [0.2, 0.25) is 0 Å². The Balaban J connectivity index is 2.71. The van der Waals surface area contributed by atoms with E-state index in [-0.39, 0.29) is 0 Å². The Morgan fingerprint density at radius 1 is 1.37 bits per heavy atom. The highest BCUT2D eigenvalue weighted by Crippen LogP contribution is 2.22. The molecule has 1 rings (SSSR count). The lowest BCUT2D eigenvalue weighted by molar-refractivity contribution is -0.162. The Morgan fingerprint density at radius 3 is 2.32 bits per heavy atom. The molecule has 0 atom stereocenters. The molecule has 0 saturated carbocycles. The van der Waals surface area contributed by atoms with Gasteiger partial charge in [0.25, 0.3) is 0 Å². The van der Waals surface area contributed by atoms with Crippen molar-refractivity contribution in [2.24, 2.45) is 0 Å². The van der Waals surface area contributed by atoms with E-state index in [0.717, 1.165) is 5.56 Å². The first-order valence-corrected chi connectivity index (χ1v) is 6.31. The number of hydrogen-bond acceptors (Lipinski definition) is 5. The van der Waals surface area contributed by atoms with Gasteiger partial charge in [-0.1, -0.05) is 36.9 Å². The maximum Gasteiger partial charge on any atom is 0.428 e. The minimum Gasteiger partial charge on any atom is -0.743 e. The van der Waals surface area contributed by atoms with Gasteiger partial charge in [0.05, 0.1) is 0 Å². The summed E-state index contributed by atoms with van der Waals surface area (Å²) in [5, 5.41) is -5.09. The number of carbonyl (C=O) groups is 1. The lowest BCUT2D eigenvalue weighted by Gasteiger charge is -2.18. The number of alkyl halides is 2. The molecule has 0 aliphatic rings. The topological polar surface area (TPSA) is 83.5 Å². The van der Waals surface area contributed by atoms with Crippen molar-refractivity contribution in [3.8, 4) is 0 Å². The van der Waals surface area contributed by atoms with Crippen LogP contribution in [0.3, 0.4) is 0 Å². The van der Waals surface area contributed by atoms with Crippen molar-refractivity contribution in [3.63, 3.8) is 0 Å². The summed E-state index contributed by atoms with van der Waals surface area (Å²) in [6.07, 6.45) is 1.55. The molecule has 19 heavy (non-hydrogen) atoms. The van der Waals surface area contributed by atoms with Gasteiger partial charge in [-0.25, -0.2) is 13.2 Å². The van der Waals surface area contributed by atoms with E-state index in [0.29, 0.717) is 5.56 Å². The normalized spacial score (nSPS) is 11.9. The molecule has 0 saturated heterocycles. The first-order chi connectivity index (χ1) is 8.68. The molecule has 0 N–H and O–H groups in total. The van der Waals surface area contributed by atoms with Crippen molar-refractivity contribution in [3.05, 3.63) is 42.0 Å². The zero-order valence-electron chi connectivity index (χ0n) is 9.51. The van der Waals surface area contributed by atoms with Gasteiger partial charge in [0.1, 0.15) is 6.61 Å². The van der Waals surface area contributed by atoms with Crippen molar-refractivity contribution in [2.75, 3.05) is 0 Å². The zero-order valence-corrected chi connectivity index (χ0v) is 10.3. The summed E-state index contributed by atoms with van der Waals surface area (Å²) in [6, 6.07) is 6.15. The SMILES string of the molecule is C=Cc1ccc(COC(=O)C(F)(F)S(=O)(=O)[O-])cc1. The fourth-order valence-corrected chi connectivity index (χ4v) is 1.35. The number of esters is 1.